The molecule has 0 spiro atoms. The maximum absolute atomic E-state index is 12.7. The van der Waals surface area contributed by atoms with Crippen molar-refractivity contribution in [1.29, 1.82) is 0 Å². The first-order valence-corrected chi connectivity index (χ1v) is 11.5. The van der Waals surface area contributed by atoms with Gasteiger partial charge >= 0.3 is 0 Å². The molecule has 0 unspecified atom stereocenters. The van der Waals surface area contributed by atoms with Crippen molar-refractivity contribution >= 4 is 17.3 Å². The molecule has 4 aromatic rings. The van der Waals surface area contributed by atoms with E-state index in [0.29, 0.717) is 24.2 Å². The largest absolute Gasteiger partial charge is 0.364 e. The van der Waals surface area contributed by atoms with Crippen LogP contribution in [0.5, 0.6) is 0 Å². The maximum Gasteiger partial charge on any atom is 0.195 e. The average molecular weight is 460 g/mol. The molecule has 174 valence electrons. The van der Waals surface area contributed by atoms with Gasteiger partial charge in [-0.3, -0.25) is 9.59 Å². The Morgan fingerprint density at radius 2 is 0.914 bits per heavy atom. The van der Waals surface area contributed by atoms with Crippen LogP contribution >= 0.6 is 0 Å². The first-order chi connectivity index (χ1) is 17.2. The standard InChI is InChI=1S/C19H19NO.C13H10O/c1-3-14-20(15-4-2)18-13-9-8-12-17(18)19(21)16-10-6-5-7-11-16;14-13(11-7-3-1-4-8-11)12-9-5-2-6-10-12/h3-13H,1-2,14-15H2;1-10H. The molecule has 0 aromatic heterocycles. The molecule has 0 aliphatic carbocycles. The smallest absolute Gasteiger partial charge is 0.195 e. The molecule has 0 radical (unpaired) electrons. The second kappa shape index (κ2) is 13.3. The van der Waals surface area contributed by atoms with Gasteiger partial charge in [0.2, 0.25) is 0 Å². The minimum absolute atomic E-state index is 0.0318. The van der Waals surface area contributed by atoms with E-state index in [-0.39, 0.29) is 11.6 Å². The number of hydrogen-bond donors (Lipinski definition) is 0. The lowest BCUT2D eigenvalue weighted by Gasteiger charge is -2.24. The highest BCUT2D eigenvalue weighted by Crippen LogP contribution is 2.23. The van der Waals surface area contributed by atoms with E-state index in [1.807, 2.05) is 127 Å². The zero-order valence-electron chi connectivity index (χ0n) is 19.7. The molecule has 0 aliphatic rings. The lowest BCUT2D eigenvalue weighted by Crippen LogP contribution is -2.25. The number of carbonyl (C=O) groups is 2. The van der Waals surface area contributed by atoms with E-state index in [1.165, 1.54) is 0 Å². The zero-order chi connectivity index (χ0) is 24.9. The van der Waals surface area contributed by atoms with Crippen molar-refractivity contribution in [3.05, 3.63) is 163 Å². The molecule has 3 heteroatoms. The fraction of sp³-hybridized carbons (Fsp3) is 0.0625. The minimum atomic E-state index is 0.0318. The van der Waals surface area contributed by atoms with Gasteiger partial charge in [-0.25, -0.2) is 0 Å². The van der Waals surface area contributed by atoms with Crippen molar-refractivity contribution in [2.24, 2.45) is 0 Å². The third-order valence-electron chi connectivity index (χ3n) is 5.30. The molecule has 0 saturated carbocycles. The third-order valence-corrected chi connectivity index (χ3v) is 5.30. The Morgan fingerprint density at radius 3 is 1.34 bits per heavy atom. The molecule has 3 nitrogen and oxygen atoms in total. The van der Waals surface area contributed by atoms with E-state index >= 15 is 0 Å². The molecular weight excluding hydrogens is 430 g/mol. The lowest BCUT2D eigenvalue weighted by molar-refractivity contribution is 0.103. The summed E-state index contributed by atoms with van der Waals surface area (Å²) in [4.78, 5) is 26.6. The number of benzene rings is 4. The molecule has 0 N–H and O–H groups in total. The predicted octanol–water partition coefficient (Wildman–Crippen LogP) is 7.01. The Balaban J connectivity index is 0.000000211. The number of anilines is 1. The molecule has 0 bridgehead atoms. The summed E-state index contributed by atoms with van der Waals surface area (Å²) >= 11 is 0. The van der Waals surface area contributed by atoms with E-state index in [4.69, 9.17) is 0 Å². The molecule has 0 amide bonds. The van der Waals surface area contributed by atoms with Crippen molar-refractivity contribution in [3.63, 3.8) is 0 Å². The van der Waals surface area contributed by atoms with Crippen LogP contribution < -0.4 is 4.90 Å². The third kappa shape index (κ3) is 6.99. The summed E-state index contributed by atoms with van der Waals surface area (Å²) in [5, 5.41) is 0. The Hall–Kier alpha value is -4.50. The zero-order valence-corrected chi connectivity index (χ0v) is 19.7. The van der Waals surface area contributed by atoms with Gasteiger partial charge in [-0.15, -0.1) is 13.2 Å². The normalized spacial score (nSPS) is 9.83. The topological polar surface area (TPSA) is 37.4 Å². The molecule has 0 fully saturated rings. The number of para-hydroxylation sites is 1. The second-order valence-corrected chi connectivity index (χ2v) is 7.76. The Labute approximate surface area is 207 Å². The van der Waals surface area contributed by atoms with E-state index in [1.54, 1.807) is 0 Å². The van der Waals surface area contributed by atoms with Crippen LogP contribution in [-0.4, -0.2) is 24.7 Å². The minimum Gasteiger partial charge on any atom is -0.364 e. The monoisotopic (exact) mass is 459 g/mol. The fourth-order valence-corrected chi connectivity index (χ4v) is 3.62. The maximum atomic E-state index is 12.7. The van der Waals surface area contributed by atoms with Crippen LogP contribution in [0.25, 0.3) is 0 Å². The van der Waals surface area contributed by atoms with Gasteiger partial charge < -0.3 is 4.90 Å². The SMILES string of the molecule is C=CCN(CC=C)c1ccccc1C(=O)c1ccccc1.O=C(c1ccccc1)c1ccccc1. The molecule has 0 atom stereocenters. The van der Waals surface area contributed by atoms with Gasteiger partial charge in [0.05, 0.1) is 0 Å². The van der Waals surface area contributed by atoms with Gasteiger partial charge in [0.15, 0.2) is 11.6 Å². The van der Waals surface area contributed by atoms with E-state index < -0.39 is 0 Å². The van der Waals surface area contributed by atoms with Gasteiger partial charge in [-0.05, 0) is 12.1 Å². The number of rotatable bonds is 9. The molecular formula is C32H29NO2. The van der Waals surface area contributed by atoms with Crippen molar-refractivity contribution in [2.45, 2.75) is 0 Å². The molecule has 0 heterocycles. The fourth-order valence-electron chi connectivity index (χ4n) is 3.62. The highest BCUT2D eigenvalue weighted by Gasteiger charge is 2.16. The van der Waals surface area contributed by atoms with Crippen molar-refractivity contribution in [3.8, 4) is 0 Å². The Bertz CT molecular complexity index is 1200. The Morgan fingerprint density at radius 1 is 0.543 bits per heavy atom. The first kappa shape index (κ1) is 25.1. The highest BCUT2D eigenvalue weighted by molar-refractivity contribution is 6.12. The van der Waals surface area contributed by atoms with Crippen LogP contribution in [0.1, 0.15) is 31.8 Å². The number of nitrogens with zero attached hydrogens (tertiary/aromatic N) is 1. The lowest BCUT2D eigenvalue weighted by atomic mass is 10.0. The van der Waals surface area contributed by atoms with Crippen LogP contribution in [0.2, 0.25) is 0 Å². The number of hydrogen-bond acceptors (Lipinski definition) is 3. The van der Waals surface area contributed by atoms with Gasteiger partial charge in [0, 0.05) is 41.0 Å². The predicted molar refractivity (Wildman–Crippen MR) is 145 cm³/mol. The van der Waals surface area contributed by atoms with Crippen LogP contribution in [0.3, 0.4) is 0 Å². The number of carbonyl (C=O) groups excluding carboxylic acids is 2. The second-order valence-electron chi connectivity index (χ2n) is 7.76. The summed E-state index contributed by atoms with van der Waals surface area (Å²) in [6.07, 6.45) is 3.65. The summed E-state index contributed by atoms with van der Waals surface area (Å²) in [7, 11) is 0. The summed E-state index contributed by atoms with van der Waals surface area (Å²) in [6.45, 7) is 8.90. The van der Waals surface area contributed by atoms with Crippen LogP contribution in [0.15, 0.2) is 141 Å². The summed E-state index contributed by atoms with van der Waals surface area (Å²) in [5.74, 6) is 0.107. The van der Waals surface area contributed by atoms with Crippen LogP contribution in [0, 0.1) is 0 Å². The quantitative estimate of drug-likeness (QED) is 0.199. The van der Waals surface area contributed by atoms with E-state index in [2.05, 4.69) is 18.1 Å². The first-order valence-electron chi connectivity index (χ1n) is 11.5. The van der Waals surface area contributed by atoms with E-state index in [0.717, 1.165) is 16.8 Å². The van der Waals surface area contributed by atoms with Crippen LogP contribution in [-0.2, 0) is 0 Å². The number of ketones is 2. The molecule has 0 aliphatic heterocycles. The van der Waals surface area contributed by atoms with Crippen molar-refractivity contribution < 1.29 is 9.59 Å². The van der Waals surface area contributed by atoms with Crippen molar-refractivity contribution in [2.75, 3.05) is 18.0 Å². The summed E-state index contributed by atoms with van der Waals surface area (Å²) in [6, 6.07) is 35.6. The molecule has 4 rings (SSSR count). The average Bonchev–Trinajstić information content (AvgIpc) is 2.94. The van der Waals surface area contributed by atoms with Gasteiger partial charge in [0.25, 0.3) is 0 Å². The Kier molecular flexibility index (Phi) is 9.52. The van der Waals surface area contributed by atoms with Gasteiger partial charge in [-0.2, -0.15) is 0 Å². The summed E-state index contributed by atoms with van der Waals surface area (Å²) < 4.78 is 0. The molecule has 35 heavy (non-hydrogen) atoms. The van der Waals surface area contributed by atoms with E-state index in [9.17, 15) is 9.59 Å². The van der Waals surface area contributed by atoms with Crippen molar-refractivity contribution in [1.82, 2.24) is 0 Å². The molecule has 0 saturated heterocycles. The highest BCUT2D eigenvalue weighted by atomic mass is 16.1. The van der Waals surface area contributed by atoms with Crippen LogP contribution in [0.4, 0.5) is 5.69 Å². The molecule has 4 aromatic carbocycles. The van der Waals surface area contributed by atoms with Gasteiger partial charge in [-0.1, -0.05) is 115 Å². The summed E-state index contributed by atoms with van der Waals surface area (Å²) in [5.41, 5.74) is 3.78. The van der Waals surface area contributed by atoms with Gasteiger partial charge in [0.1, 0.15) is 0 Å².